The Labute approximate surface area is 101 Å². The van der Waals surface area contributed by atoms with Crippen molar-refractivity contribution >= 4 is 15.7 Å². The van der Waals surface area contributed by atoms with Crippen LogP contribution in [0.1, 0.15) is 13.8 Å². The van der Waals surface area contributed by atoms with Gasteiger partial charge in [0.2, 0.25) is 10.0 Å². The van der Waals surface area contributed by atoms with Gasteiger partial charge in [0, 0.05) is 12.6 Å². The molecule has 0 saturated heterocycles. The summed E-state index contributed by atoms with van der Waals surface area (Å²) in [5.74, 6) is 0. The molecule has 0 aromatic heterocycles. The van der Waals surface area contributed by atoms with Crippen LogP contribution in [0.15, 0.2) is 29.2 Å². The topological polar surface area (TPSA) is 58.2 Å². The van der Waals surface area contributed by atoms with Gasteiger partial charge in [0.1, 0.15) is 11.6 Å². The quantitative estimate of drug-likeness (QED) is 0.819. The van der Waals surface area contributed by atoms with Crippen LogP contribution in [0.5, 0.6) is 0 Å². The number of hydrogen-bond donors (Lipinski definition) is 2. The Kier molecular flexibility index (Phi) is 4.89. The molecule has 0 radical (unpaired) electrons. The van der Waals surface area contributed by atoms with Crippen LogP contribution in [-0.4, -0.2) is 27.7 Å². The van der Waals surface area contributed by atoms with Gasteiger partial charge in [-0.3, -0.25) is 0 Å². The third-order valence-corrected chi connectivity index (χ3v) is 3.69. The highest BCUT2D eigenvalue weighted by molar-refractivity contribution is 7.89. The molecule has 96 valence electrons. The maximum absolute atomic E-state index is 12.1. The highest BCUT2D eigenvalue weighted by atomic mass is 32.2. The highest BCUT2D eigenvalue weighted by Gasteiger charge is 2.18. The van der Waals surface area contributed by atoms with E-state index in [4.69, 9.17) is 0 Å². The first-order valence-corrected chi connectivity index (χ1v) is 6.87. The van der Waals surface area contributed by atoms with E-state index in [9.17, 15) is 12.8 Å². The first-order chi connectivity index (χ1) is 7.97. The van der Waals surface area contributed by atoms with Gasteiger partial charge in [0.25, 0.3) is 0 Å². The highest BCUT2D eigenvalue weighted by Crippen LogP contribution is 2.20. The van der Waals surface area contributed by atoms with Crippen molar-refractivity contribution in [2.75, 3.05) is 18.5 Å². The molecule has 6 heteroatoms. The molecule has 0 amide bonds. The van der Waals surface area contributed by atoms with Crippen molar-refractivity contribution in [3.63, 3.8) is 0 Å². The molecule has 0 fully saturated rings. The van der Waals surface area contributed by atoms with E-state index in [1.165, 1.54) is 6.07 Å². The summed E-state index contributed by atoms with van der Waals surface area (Å²) in [6.45, 7) is 3.03. The molecule has 1 aromatic rings. The maximum Gasteiger partial charge on any atom is 0.242 e. The summed E-state index contributed by atoms with van der Waals surface area (Å²) in [5, 5.41) is 2.75. The van der Waals surface area contributed by atoms with E-state index in [1.54, 1.807) is 32.0 Å². The average molecular weight is 260 g/mol. The van der Waals surface area contributed by atoms with Crippen molar-refractivity contribution in [2.24, 2.45) is 0 Å². The molecule has 0 bridgehead atoms. The molecule has 0 heterocycles. The molecule has 17 heavy (non-hydrogen) atoms. The minimum atomic E-state index is -3.56. The van der Waals surface area contributed by atoms with Gasteiger partial charge in [-0.25, -0.2) is 17.5 Å². The second-order valence-electron chi connectivity index (χ2n) is 3.89. The Bertz CT molecular complexity index is 460. The molecular formula is C11H17FN2O2S. The van der Waals surface area contributed by atoms with Gasteiger partial charge in [-0.2, -0.15) is 0 Å². The van der Waals surface area contributed by atoms with E-state index < -0.39 is 16.7 Å². The number of sulfonamides is 1. The van der Waals surface area contributed by atoms with Crippen molar-refractivity contribution in [1.29, 1.82) is 0 Å². The van der Waals surface area contributed by atoms with E-state index in [0.717, 1.165) is 0 Å². The van der Waals surface area contributed by atoms with Gasteiger partial charge in [-0.15, -0.1) is 0 Å². The smallest absolute Gasteiger partial charge is 0.242 e. The van der Waals surface area contributed by atoms with E-state index in [1.807, 2.05) is 0 Å². The monoisotopic (exact) mass is 260 g/mol. The van der Waals surface area contributed by atoms with Crippen molar-refractivity contribution < 1.29 is 12.8 Å². The van der Waals surface area contributed by atoms with Crippen molar-refractivity contribution in [3.05, 3.63) is 24.3 Å². The summed E-state index contributed by atoms with van der Waals surface area (Å²) in [6.07, 6.45) is 0. The zero-order valence-electron chi connectivity index (χ0n) is 9.90. The Balaban J connectivity index is 3.04. The van der Waals surface area contributed by atoms with Gasteiger partial charge in [0.15, 0.2) is 0 Å². The molecule has 0 saturated carbocycles. The van der Waals surface area contributed by atoms with E-state index in [2.05, 4.69) is 10.0 Å². The third-order valence-electron chi connectivity index (χ3n) is 1.98. The molecular weight excluding hydrogens is 243 g/mol. The predicted molar refractivity (Wildman–Crippen MR) is 66.4 cm³/mol. The lowest BCUT2D eigenvalue weighted by Crippen LogP contribution is -2.30. The molecule has 1 rings (SSSR count). The summed E-state index contributed by atoms with van der Waals surface area (Å²) in [4.78, 5) is 0.141. The Hall–Kier alpha value is -1.14. The van der Waals surface area contributed by atoms with Crippen LogP contribution in [0.4, 0.5) is 10.1 Å². The van der Waals surface area contributed by atoms with Crippen LogP contribution >= 0.6 is 0 Å². The van der Waals surface area contributed by atoms with Crippen LogP contribution in [0.3, 0.4) is 0 Å². The number of anilines is 1. The predicted octanol–water partition coefficient (Wildman–Crippen LogP) is 1.75. The number of hydrogen-bond acceptors (Lipinski definition) is 3. The molecule has 4 nitrogen and oxygen atoms in total. The van der Waals surface area contributed by atoms with Gasteiger partial charge < -0.3 is 5.32 Å². The molecule has 0 unspecified atom stereocenters. The zero-order chi connectivity index (χ0) is 12.9. The standard InChI is InChI=1S/C11H17FN2O2S/c1-9(2)14-17(15,16)11-6-4-3-5-10(11)13-8-7-12/h3-6,9,13-14H,7-8H2,1-2H3. The first kappa shape index (κ1) is 13.9. The number of benzene rings is 1. The van der Waals surface area contributed by atoms with Gasteiger partial charge in [0.05, 0.1) is 5.69 Å². The van der Waals surface area contributed by atoms with Crippen molar-refractivity contribution in [3.8, 4) is 0 Å². The second-order valence-corrected chi connectivity index (χ2v) is 5.57. The molecule has 0 atom stereocenters. The lowest BCUT2D eigenvalue weighted by atomic mass is 10.3. The largest absolute Gasteiger partial charge is 0.381 e. The summed E-state index contributed by atoms with van der Waals surface area (Å²) in [6, 6.07) is 6.26. The Morgan fingerprint density at radius 1 is 1.29 bits per heavy atom. The summed E-state index contributed by atoms with van der Waals surface area (Å²) in [7, 11) is -3.56. The van der Waals surface area contributed by atoms with Gasteiger partial charge in [-0.1, -0.05) is 12.1 Å². The fraction of sp³-hybridized carbons (Fsp3) is 0.455. The fourth-order valence-electron chi connectivity index (χ4n) is 1.40. The molecule has 0 aliphatic heterocycles. The van der Waals surface area contributed by atoms with Crippen molar-refractivity contribution in [2.45, 2.75) is 24.8 Å². The Morgan fingerprint density at radius 3 is 2.53 bits per heavy atom. The number of para-hydroxylation sites is 1. The van der Waals surface area contributed by atoms with Crippen LogP contribution in [0.2, 0.25) is 0 Å². The van der Waals surface area contributed by atoms with Crippen molar-refractivity contribution in [1.82, 2.24) is 4.72 Å². The minimum Gasteiger partial charge on any atom is -0.381 e. The van der Waals surface area contributed by atoms with Gasteiger partial charge in [-0.05, 0) is 26.0 Å². The van der Waals surface area contributed by atoms with Crippen LogP contribution < -0.4 is 10.0 Å². The minimum absolute atomic E-state index is 0.0915. The molecule has 2 N–H and O–H groups in total. The number of nitrogens with one attached hydrogen (secondary N) is 2. The first-order valence-electron chi connectivity index (χ1n) is 5.38. The summed E-state index contributed by atoms with van der Waals surface area (Å²) in [5.41, 5.74) is 0.415. The maximum atomic E-state index is 12.1. The third kappa shape index (κ3) is 3.98. The van der Waals surface area contributed by atoms with E-state index in [-0.39, 0.29) is 17.5 Å². The molecule has 0 aliphatic rings. The molecule has 1 aromatic carbocycles. The van der Waals surface area contributed by atoms with Gasteiger partial charge >= 0.3 is 0 Å². The van der Waals surface area contributed by atoms with Crippen LogP contribution in [0.25, 0.3) is 0 Å². The Morgan fingerprint density at radius 2 is 1.94 bits per heavy atom. The number of alkyl halides is 1. The molecule has 0 aliphatic carbocycles. The number of rotatable bonds is 6. The van der Waals surface area contributed by atoms with E-state index >= 15 is 0 Å². The van der Waals surface area contributed by atoms with Crippen LogP contribution in [-0.2, 0) is 10.0 Å². The molecule has 0 spiro atoms. The average Bonchev–Trinajstić information content (AvgIpc) is 2.25. The lowest BCUT2D eigenvalue weighted by Gasteiger charge is -2.14. The lowest BCUT2D eigenvalue weighted by molar-refractivity contribution is 0.512. The second kappa shape index (κ2) is 5.97. The van der Waals surface area contributed by atoms with E-state index in [0.29, 0.717) is 5.69 Å². The number of halogens is 1. The normalized spacial score (nSPS) is 11.8. The summed E-state index contributed by atoms with van der Waals surface area (Å²) < 4.78 is 38.5. The SMILES string of the molecule is CC(C)NS(=O)(=O)c1ccccc1NCCF. The fourth-order valence-corrected chi connectivity index (χ4v) is 2.84. The zero-order valence-corrected chi connectivity index (χ0v) is 10.7. The summed E-state index contributed by atoms with van der Waals surface area (Å²) >= 11 is 0. The van der Waals surface area contributed by atoms with Crippen LogP contribution in [0, 0.1) is 0 Å².